The first kappa shape index (κ1) is 14.1. The molecule has 2 aromatic rings. The van der Waals surface area contributed by atoms with Crippen LogP contribution in [0.2, 0.25) is 0 Å². The highest BCUT2D eigenvalue weighted by molar-refractivity contribution is 5.44. The second-order valence-electron chi connectivity index (χ2n) is 5.61. The average molecular weight is 287 g/mol. The van der Waals surface area contributed by atoms with E-state index < -0.39 is 0 Å². The van der Waals surface area contributed by atoms with Gasteiger partial charge in [0.2, 0.25) is 0 Å². The van der Waals surface area contributed by atoms with Crippen molar-refractivity contribution in [3.8, 4) is 5.75 Å². The highest BCUT2D eigenvalue weighted by atomic mass is 16.5. The Morgan fingerprint density at radius 2 is 2.19 bits per heavy atom. The van der Waals surface area contributed by atoms with E-state index in [9.17, 15) is 4.79 Å². The van der Waals surface area contributed by atoms with Crippen LogP contribution in [-0.4, -0.2) is 29.6 Å². The summed E-state index contributed by atoms with van der Waals surface area (Å²) in [5, 5.41) is 3.38. The monoisotopic (exact) mass is 287 g/mol. The number of nitrogens with zero attached hydrogens (tertiary/aromatic N) is 2. The number of aryl methyl sites for hydroxylation is 1. The van der Waals surface area contributed by atoms with Crippen LogP contribution < -0.4 is 15.6 Å². The van der Waals surface area contributed by atoms with Crippen molar-refractivity contribution in [1.82, 2.24) is 14.7 Å². The molecule has 0 radical (unpaired) electrons. The number of hydrogen-bond acceptors (Lipinski definition) is 4. The lowest BCUT2D eigenvalue weighted by Gasteiger charge is -2.22. The molecule has 0 amide bonds. The van der Waals surface area contributed by atoms with Gasteiger partial charge in [-0.1, -0.05) is 0 Å². The summed E-state index contributed by atoms with van der Waals surface area (Å²) in [6, 6.07) is 5.22. The average Bonchev–Trinajstić information content (AvgIpc) is 2.53. The minimum absolute atomic E-state index is 0.0250. The van der Waals surface area contributed by atoms with E-state index in [2.05, 4.69) is 10.3 Å². The summed E-state index contributed by atoms with van der Waals surface area (Å²) < 4.78 is 6.75. The minimum atomic E-state index is -0.0250. The molecule has 21 heavy (non-hydrogen) atoms. The molecule has 112 valence electrons. The minimum Gasteiger partial charge on any atom is -0.497 e. The van der Waals surface area contributed by atoms with Gasteiger partial charge in [-0.05, 0) is 50.8 Å². The summed E-state index contributed by atoms with van der Waals surface area (Å²) in [6.07, 6.45) is 6.13. The van der Waals surface area contributed by atoms with E-state index in [4.69, 9.17) is 4.74 Å². The summed E-state index contributed by atoms with van der Waals surface area (Å²) >= 11 is 0. The molecular formula is C16H21N3O2. The number of methoxy groups -OCH3 is 1. The Labute approximate surface area is 124 Å². The lowest BCUT2D eigenvalue weighted by molar-refractivity contribution is 0.353. The fraction of sp³-hybridized carbons (Fsp3) is 0.500. The molecule has 0 atom stereocenters. The molecule has 0 aromatic carbocycles. The van der Waals surface area contributed by atoms with Crippen molar-refractivity contribution in [3.05, 3.63) is 40.4 Å². The molecule has 2 aromatic heterocycles. The van der Waals surface area contributed by atoms with Crippen LogP contribution >= 0.6 is 0 Å². The van der Waals surface area contributed by atoms with Gasteiger partial charge in [0.25, 0.3) is 5.56 Å². The first-order valence-corrected chi connectivity index (χ1v) is 7.53. The Hall–Kier alpha value is -1.88. The van der Waals surface area contributed by atoms with Crippen molar-refractivity contribution < 1.29 is 4.74 Å². The molecule has 0 saturated carbocycles. The van der Waals surface area contributed by atoms with E-state index in [0.29, 0.717) is 5.65 Å². The zero-order valence-electron chi connectivity index (χ0n) is 12.3. The van der Waals surface area contributed by atoms with Crippen LogP contribution in [0.3, 0.4) is 0 Å². The molecule has 3 rings (SSSR count). The Bertz CT molecular complexity index is 675. The van der Waals surface area contributed by atoms with Crippen LogP contribution in [0.25, 0.3) is 5.65 Å². The molecule has 0 bridgehead atoms. The lowest BCUT2D eigenvalue weighted by atomic mass is 9.92. The molecule has 5 heteroatoms. The molecule has 1 N–H and O–H groups in total. The molecule has 1 fully saturated rings. The van der Waals surface area contributed by atoms with E-state index in [1.165, 1.54) is 12.8 Å². The lowest BCUT2D eigenvalue weighted by Crippen LogP contribution is -2.28. The van der Waals surface area contributed by atoms with E-state index in [1.807, 2.05) is 0 Å². The number of hydrogen-bond donors (Lipinski definition) is 1. The van der Waals surface area contributed by atoms with E-state index in [-0.39, 0.29) is 5.56 Å². The molecular weight excluding hydrogens is 266 g/mol. The van der Waals surface area contributed by atoms with Gasteiger partial charge in [0, 0.05) is 24.0 Å². The number of fused-ring (bicyclic) bond motifs is 1. The summed E-state index contributed by atoms with van der Waals surface area (Å²) in [4.78, 5) is 16.7. The van der Waals surface area contributed by atoms with Crippen molar-refractivity contribution in [2.24, 2.45) is 5.92 Å². The van der Waals surface area contributed by atoms with Crippen LogP contribution in [0.5, 0.6) is 5.75 Å². The number of rotatable bonds is 4. The fourth-order valence-corrected chi connectivity index (χ4v) is 2.91. The molecule has 0 spiro atoms. The maximum absolute atomic E-state index is 12.1. The van der Waals surface area contributed by atoms with Crippen LogP contribution in [-0.2, 0) is 6.42 Å². The van der Waals surface area contributed by atoms with Crippen LogP contribution in [0.4, 0.5) is 0 Å². The van der Waals surface area contributed by atoms with Gasteiger partial charge < -0.3 is 10.1 Å². The maximum Gasteiger partial charge on any atom is 0.258 e. The number of piperidine rings is 1. The van der Waals surface area contributed by atoms with Gasteiger partial charge in [0.15, 0.2) is 0 Å². The van der Waals surface area contributed by atoms with Crippen LogP contribution in [0.1, 0.15) is 25.0 Å². The zero-order valence-corrected chi connectivity index (χ0v) is 12.3. The van der Waals surface area contributed by atoms with Gasteiger partial charge in [-0.15, -0.1) is 0 Å². The predicted octanol–water partition coefficient (Wildman–Crippen LogP) is 1.64. The van der Waals surface area contributed by atoms with Crippen molar-refractivity contribution >= 4 is 5.65 Å². The topological polar surface area (TPSA) is 55.6 Å². The first-order valence-electron chi connectivity index (χ1n) is 7.53. The standard InChI is InChI=1S/C16H21N3O2/c1-21-14-6-9-19-15(11-14)18-13(10-16(19)20)3-2-12-4-7-17-8-5-12/h6,9-12,17H,2-5,7-8H2,1H3. The van der Waals surface area contributed by atoms with Crippen molar-refractivity contribution in [2.75, 3.05) is 20.2 Å². The fourth-order valence-electron chi connectivity index (χ4n) is 2.91. The van der Waals surface area contributed by atoms with Crippen molar-refractivity contribution in [2.45, 2.75) is 25.7 Å². The Balaban J connectivity index is 1.80. The van der Waals surface area contributed by atoms with Crippen LogP contribution in [0.15, 0.2) is 29.2 Å². The van der Waals surface area contributed by atoms with Gasteiger partial charge in [-0.3, -0.25) is 9.20 Å². The van der Waals surface area contributed by atoms with Crippen molar-refractivity contribution in [3.63, 3.8) is 0 Å². The number of nitrogens with one attached hydrogen (secondary N) is 1. The number of ether oxygens (including phenoxy) is 1. The van der Waals surface area contributed by atoms with Crippen molar-refractivity contribution in [1.29, 1.82) is 0 Å². The molecule has 3 heterocycles. The summed E-state index contributed by atoms with van der Waals surface area (Å²) in [7, 11) is 1.62. The van der Waals surface area contributed by atoms with E-state index in [0.717, 1.165) is 43.3 Å². The van der Waals surface area contributed by atoms with E-state index in [1.54, 1.807) is 35.9 Å². The molecule has 1 aliphatic rings. The largest absolute Gasteiger partial charge is 0.497 e. The summed E-state index contributed by atoms with van der Waals surface area (Å²) in [5.74, 6) is 1.47. The summed E-state index contributed by atoms with van der Waals surface area (Å²) in [5.41, 5.74) is 1.51. The highest BCUT2D eigenvalue weighted by Crippen LogP contribution is 2.18. The maximum atomic E-state index is 12.1. The molecule has 5 nitrogen and oxygen atoms in total. The molecule has 0 aliphatic carbocycles. The normalized spacial score (nSPS) is 16.2. The molecule has 1 aliphatic heterocycles. The van der Waals surface area contributed by atoms with Crippen LogP contribution in [0, 0.1) is 5.92 Å². The molecule has 1 saturated heterocycles. The summed E-state index contributed by atoms with van der Waals surface area (Å²) in [6.45, 7) is 2.21. The van der Waals surface area contributed by atoms with Gasteiger partial charge in [0.1, 0.15) is 11.4 Å². The quantitative estimate of drug-likeness (QED) is 0.928. The Morgan fingerprint density at radius 1 is 1.38 bits per heavy atom. The SMILES string of the molecule is COc1ccn2c(=O)cc(CCC3CCNCC3)nc2c1. The predicted molar refractivity (Wildman–Crippen MR) is 81.9 cm³/mol. The second kappa shape index (κ2) is 6.26. The number of aromatic nitrogens is 2. The van der Waals surface area contributed by atoms with Gasteiger partial charge in [-0.2, -0.15) is 0 Å². The Kier molecular flexibility index (Phi) is 4.20. The third-order valence-electron chi connectivity index (χ3n) is 4.19. The number of pyridine rings is 1. The van der Waals surface area contributed by atoms with Gasteiger partial charge in [-0.25, -0.2) is 4.98 Å². The first-order chi connectivity index (χ1) is 10.3. The third kappa shape index (κ3) is 3.24. The van der Waals surface area contributed by atoms with Gasteiger partial charge in [0.05, 0.1) is 7.11 Å². The van der Waals surface area contributed by atoms with Gasteiger partial charge >= 0.3 is 0 Å². The highest BCUT2D eigenvalue weighted by Gasteiger charge is 2.13. The Morgan fingerprint density at radius 3 is 2.95 bits per heavy atom. The third-order valence-corrected chi connectivity index (χ3v) is 4.19. The van der Waals surface area contributed by atoms with E-state index >= 15 is 0 Å². The second-order valence-corrected chi connectivity index (χ2v) is 5.61. The zero-order chi connectivity index (χ0) is 14.7. The smallest absolute Gasteiger partial charge is 0.258 e. The molecule has 0 unspecified atom stereocenters.